The molecule has 0 aliphatic heterocycles. The maximum Gasteiger partial charge on any atom is 0.103 e. The molecule has 104 valence electrons. The molecule has 2 nitrogen and oxygen atoms in total. The third kappa shape index (κ3) is 6.13. The van der Waals surface area contributed by atoms with Crippen LogP contribution in [0.1, 0.15) is 38.7 Å². The normalized spacial score (nSPS) is 13.8. The number of nitrogens with one attached hydrogen (secondary N) is 1. The summed E-state index contributed by atoms with van der Waals surface area (Å²) in [5.74, 6) is 1.06. The lowest BCUT2D eigenvalue weighted by Gasteiger charge is -2.22. The van der Waals surface area contributed by atoms with E-state index >= 15 is 0 Å². The molecular weight excluding hydrogens is 252 g/mol. The minimum Gasteiger partial charge on any atom is -0.300 e. The van der Waals surface area contributed by atoms with Gasteiger partial charge in [-0.1, -0.05) is 24.6 Å². The number of nitriles is 1. The number of thioether (sulfide) groups is 1. The van der Waals surface area contributed by atoms with Crippen LogP contribution in [0, 0.1) is 18.3 Å². The highest BCUT2D eigenvalue weighted by atomic mass is 32.2. The second kappa shape index (κ2) is 8.24. The minimum absolute atomic E-state index is 0.371. The quantitative estimate of drug-likeness (QED) is 0.572. The molecule has 0 radical (unpaired) electrons. The van der Waals surface area contributed by atoms with E-state index in [9.17, 15) is 5.26 Å². The van der Waals surface area contributed by atoms with Crippen molar-refractivity contribution in [3.8, 4) is 6.07 Å². The van der Waals surface area contributed by atoms with Crippen LogP contribution in [0.3, 0.4) is 0 Å². The number of nitrogens with zero attached hydrogens (tertiary/aromatic N) is 1. The molecule has 0 amide bonds. The molecule has 3 heteroatoms. The first kappa shape index (κ1) is 16.1. The topological polar surface area (TPSA) is 35.8 Å². The van der Waals surface area contributed by atoms with Crippen LogP contribution in [0.25, 0.3) is 0 Å². The number of hydrogen-bond acceptors (Lipinski definition) is 3. The Bertz CT molecular complexity index is 408. The number of aryl methyl sites for hydroxylation is 1. The van der Waals surface area contributed by atoms with Gasteiger partial charge in [0, 0.05) is 4.90 Å². The average molecular weight is 276 g/mol. The van der Waals surface area contributed by atoms with Crippen molar-refractivity contribution in [2.45, 2.75) is 50.5 Å². The van der Waals surface area contributed by atoms with Crippen LogP contribution >= 0.6 is 11.8 Å². The van der Waals surface area contributed by atoms with Gasteiger partial charge in [0.2, 0.25) is 0 Å². The summed E-state index contributed by atoms with van der Waals surface area (Å²) in [6.45, 7) is 7.14. The first-order chi connectivity index (χ1) is 9.09. The summed E-state index contributed by atoms with van der Waals surface area (Å²) >= 11 is 1.87. The zero-order chi connectivity index (χ0) is 14.1. The van der Waals surface area contributed by atoms with Gasteiger partial charge >= 0.3 is 0 Å². The molecule has 1 rings (SSSR count). The van der Waals surface area contributed by atoms with Gasteiger partial charge in [-0.05, 0) is 57.5 Å². The maximum absolute atomic E-state index is 9.24. The maximum atomic E-state index is 9.24. The van der Waals surface area contributed by atoms with Gasteiger partial charge in [0.05, 0.1) is 6.07 Å². The van der Waals surface area contributed by atoms with E-state index in [2.05, 4.69) is 49.5 Å². The molecule has 19 heavy (non-hydrogen) atoms. The van der Waals surface area contributed by atoms with Crippen LogP contribution in [0.5, 0.6) is 0 Å². The zero-order valence-electron chi connectivity index (χ0n) is 12.2. The van der Waals surface area contributed by atoms with Gasteiger partial charge in [0.1, 0.15) is 5.54 Å². The van der Waals surface area contributed by atoms with Crippen LogP contribution in [0.2, 0.25) is 0 Å². The molecule has 1 unspecified atom stereocenters. The summed E-state index contributed by atoms with van der Waals surface area (Å²) in [6.07, 6.45) is 3.02. The first-order valence-corrected chi connectivity index (χ1v) is 7.94. The Morgan fingerprint density at radius 2 is 2.00 bits per heavy atom. The Morgan fingerprint density at radius 3 is 2.58 bits per heavy atom. The van der Waals surface area contributed by atoms with Crippen LogP contribution in [0.4, 0.5) is 0 Å². The molecular formula is C16H24N2S. The van der Waals surface area contributed by atoms with Crippen molar-refractivity contribution in [3.05, 3.63) is 29.8 Å². The Kier molecular flexibility index (Phi) is 6.97. The van der Waals surface area contributed by atoms with Gasteiger partial charge in [-0.15, -0.1) is 11.8 Å². The molecule has 0 saturated carbocycles. The highest BCUT2D eigenvalue weighted by Crippen LogP contribution is 2.21. The lowest BCUT2D eigenvalue weighted by Crippen LogP contribution is -2.41. The summed E-state index contributed by atoms with van der Waals surface area (Å²) in [5.41, 5.74) is 0.925. The van der Waals surface area contributed by atoms with Crippen LogP contribution in [0.15, 0.2) is 29.2 Å². The molecule has 0 spiro atoms. The van der Waals surface area contributed by atoms with E-state index in [1.807, 2.05) is 18.7 Å². The van der Waals surface area contributed by atoms with E-state index in [-0.39, 0.29) is 5.54 Å². The Morgan fingerprint density at radius 1 is 1.32 bits per heavy atom. The van der Waals surface area contributed by atoms with Crippen molar-refractivity contribution in [2.75, 3.05) is 12.3 Å². The van der Waals surface area contributed by atoms with E-state index in [0.29, 0.717) is 0 Å². The van der Waals surface area contributed by atoms with Gasteiger partial charge in [-0.3, -0.25) is 5.32 Å². The fourth-order valence-corrected chi connectivity index (χ4v) is 2.69. The second-order valence-corrected chi connectivity index (χ2v) is 6.30. The number of hydrogen-bond donors (Lipinski definition) is 1. The van der Waals surface area contributed by atoms with Crippen molar-refractivity contribution in [2.24, 2.45) is 0 Å². The average Bonchev–Trinajstić information content (AvgIpc) is 2.43. The van der Waals surface area contributed by atoms with Crippen molar-refractivity contribution < 1.29 is 0 Å². The molecule has 0 fully saturated rings. The predicted octanol–water partition coefficient (Wildman–Crippen LogP) is 4.15. The lowest BCUT2D eigenvalue weighted by molar-refractivity contribution is 0.415. The smallest absolute Gasteiger partial charge is 0.103 e. The van der Waals surface area contributed by atoms with Gasteiger partial charge in [-0.2, -0.15) is 5.26 Å². The van der Waals surface area contributed by atoms with E-state index in [4.69, 9.17) is 0 Å². The molecule has 0 saturated heterocycles. The molecule has 1 aromatic rings. The summed E-state index contributed by atoms with van der Waals surface area (Å²) in [4.78, 5) is 1.31. The third-order valence-electron chi connectivity index (χ3n) is 3.12. The van der Waals surface area contributed by atoms with Crippen molar-refractivity contribution in [1.82, 2.24) is 5.32 Å². The second-order valence-electron chi connectivity index (χ2n) is 5.14. The van der Waals surface area contributed by atoms with Gasteiger partial charge in [0.25, 0.3) is 0 Å². The SMILES string of the molecule is CCCNC(C)(C#N)CCCSc1ccc(C)cc1. The predicted molar refractivity (Wildman–Crippen MR) is 83.4 cm³/mol. The van der Waals surface area contributed by atoms with E-state index in [0.717, 1.165) is 31.6 Å². The number of rotatable bonds is 8. The standard InChI is InChI=1S/C16H24N2S/c1-4-11-18-16(3,13-17)10-5-12-19-15-8-6-14(2)7-9-15/h6-9,18H,4-5,10-12H2,1-3H3. The van der Waals surface area contributed by atoms with Crippen LogP contribution in [-0.2, 0) is 0 Å². The molecule has 0 bridgehead atoms. The van der Waals surface area contributed by atoms with Gasteiger partial charge in [0.15, 0.2) is 0 Å². The van der Waals surface area contributed by atoms with Gasteiger partial charge in [-0.25, -0.2) is 0 Å². The lowest BCUT2D eigenvalue weighted by atomic mass is 9.98. The fourth-order valence-electron chi connectivity index (χ4n) is 1.83. The molecule has 1 aromatic carbocycles. The molecule has 0 aliphatic carbocycles. The van der Waals surface area contributed by atoms with Gasteiger partial charge < -0.3 is 0 Å². The van der Waals surface area contributed by atoms with Crippen molar-refractivity contribution >= 4 is 11.8 Å². The molecule has 1 atom stereocenters. The van der Waals surface area contributed by atoms with E-state index in [1.165, 1.54) is 10.5 Å². The highest BCUT2D eigenvalue weighted by molar-refractivity contribution is 7.99. The van der Waals surface area contributed by atoms with Crippen molar-refractivity contribution in [1.29, 1.82) is 5.26 Å². The summed E-state index contributed by atoms with van der Waals surface area (Å²) in [5, 5.41) is 12.6. The van der Waals surface area contributed by atoms with E-state index in [1.54, 1.807) is 0 Å². The Balaban J connectivity index is 2.29. The highest BCUT2D eigenvalue weighted by Gasteiger charge is 2.21. The Hall–Kier alpha value is -0.980. The monoisotopic (exact) mass is 276 g/mol. The fraction of sp³-hybridized carbons (Fsp3) is 0.562. The zero-order valence-corrected chi connectivity index (χ0v) is 13.0. The van der Waals surface area contributed by atoms with Crippen LogP contribution < -0.4 is 5.32 Å². The van der Waals surface area contributed by atoms with Crippen LogP contribution in [-0.4, -0.2) is 17.8 Å². The third-order valence-corrected chi connectivity index (χ3v) is 4.22. The molecule has 0 aliphatic rings. The summed E-state index contributed by atoms with van der Waals surface area (Å²) < 4.78 is 0. The molecule has 0 heterocycles. The molecule has 0 aromatic heterocycles. The minimum atomic E-state index is -0.371. The largest absolute Gasteiger partial charge is 0.300 e. The van der Waals surface area contributed by atoms with Crippen molar-refractivity contribution in [3.63, 3.8) is 0 Å². The van der Waals surface area contributed by atoms with E-state index < -0.39 is 0 Å². The number of benzene rings is 1. The first-order valence-electron chi connectivity index (χ1n) is 6.95. The Labute approximate surface area is 121 Å². The summed E-state index contributed by atoms with van der Waals surface area (Å²) in [6, 6.07) is 11.0. The summed E-state index contributed by atoms with van der Waals surface area (Å²) in [7, 11) is 0. The molecule has 1 N–H and O–H groups in total.